The molecule has 0 saturated carbocycles. The molecule has 0 radical (unpaired) electrons. The summed E-state index contributed by atoms with van der Waals surface area (Å²) in [6.07, 6.45) is 1.00. The highest BCUT2D eigenvalue weighted by atomic mass is 35.5. The summed E-state index contributed by atoms with van der Waals surface area (Å²) in [5.74, 6) is 0.309. The van der Waals surface area contributed by atoms with Crippen LogP contribution in [0.15, 0.2) is 24.3 Å². The molecule has 0 aromatic heterocycles. The molecule has 0 aliphatic carbocycles. The van der Waals surface area contributed by atoms with Gasteiger partial charge in [0.25, 0.3) is 5.91 Å². The van der Waals surface area contributed by atoms with Gasteiger partial charge < -0.3 is 15.8 Å². The molecule has 0 saturated heterocycles. The maximum Gasteiger partial charge on any atom is 0.260 e. The summed E-state index contributed by atoms with van der Waals surface area (Å²) in [7, 11) is 0. The van der Waals surface area contributed by atoms with Crippen molar-refractivity contribution in [3.05, 3.63) is 29.3 Å². The zero-order valence-electron chi connectivity index (χ0n) is 12.3. The Hall–Kier alpha value is -1.26. The highest BCUT2D eigenvalue weighted by Gasteiger charge is 2.23. The molecule has 0 fully saturated rings. The van der Waals surface area contributed by atoms with Gasteiger partial charge in [-0.15, -0.1) is 0 Å². The second-order valence-electron chi connectivity index (χ2n) is 4.98. The molecule has 0 aliphatic heterocycles. The molecular formula is C15H23ClN2O2. The van der Waals surface area contributed by atoms with E-state index < -0.39 is 6.10 Å². The first-order chi connectivity index (χ1) is 9.41. The Balaban J connectivity index is 2.54. The van der Waals surface area contributed by atoms with Gasteiger partial charge in [-0.05, 0) is 31.9 Å². The number of nitrogens with two attached hydrogens (primary N) is 1. The van der Waals surface area contributed by atoms with Crippen LogP contribution in [-0.4, -0.2) is 24.1 Å². The summed E-state index contributed by atoms with van der Waals surface area (Å²) in [5.41, 5.74) is 5.78. The molecular weight excluding hydrogens is 276 g/mol. The fourth-order valence-electron chi connectivity index (χ4n) is 1.69. The zero-order valence-corrected chi connectivity index (χ0v) is 13.0. The highest BCUT2D eigenvalue weighted by Crippen LogP contribution is 2.24. The van der Waals surface area contributed by atoms with Crippen LogP contribution in [-0.2, 0) is 4.79 Å². The van der Waals surface area contributed by atoms with Gasteiger partial charge in [-0.25, -0.2) is 0 Å². The lowest BCUT2D eigenvalue weighted by Gasteiger charge is -2.27. The van der Waals surface area contributed by atoms with Gasteiger partial charge in [-0.1, -0.05) is 37.6 Å². The molecule has 1 aromatic rings. The van der Waals surface area contributed by atoms with Crippen molar-refractivity contribution in [2.24, 2.45) is 5.73 Å². The second-order valence-corrected chi connectivity index (χ2v) is 5.38. The van der Waals surface area contributed by atoms with E-state index in [9.17, 15) is 4.79 Å². The number of nitrogens with one attached hydrogen (secondary N) is 1. The van der Waals surface area contributed by atoms with E-state index >= 15 is 0 Å². The summed E-state index contributed by atoms with van der Waals surface area (Å²) >= 11 is 5.99. The van der Waals surface area contributed by atoms with Crippen LogP contribution in [0, 0.1) is 0 Å². The van der Waals surface area contributed by atoms with E-state index in [4.69, 9.17) is 22.1 Å². The lowest BCUT2D eigenvalue weighted by atomic mass is 9.94. The second kappa shape index (κ2) is 7.50. The summed E-state index contributed by atoms with van der Waals surface area (Å²) in [5, 5.41) is 3.32. The van der Waals surface area contributed by atoms with Crippen molar-refractivity contribution >= 4 is 17.5 Å². The van der Waals surface area contributed by atoms with Crippen LogP contribution in [0.4, 0.5) is 0 Å². The minimum absolute atomic E-state index is 0.193. The van der Waals surface area contributed by atoms with Crippen molar-refractivity contribution in [3.63, 3.8) is 0 Å². The number of ether oxygens (including phenoxy) is 1. The van der Waals surface area contributed by atoms with Crippen LogP contribution in [0.25, 0.3) is 0 Å². The average Bonchev–Trinajstić information content (AvgIpc) is 2.46. The molecule has 3 N–H and O–H groups in total. The Morgan fingerprint density at radius 2 is 2.00 bits per heavy atom. The molecule has 0 bridgehead atoms. The molecule has 1 atom stereocenters. The van der Waals surface area contributed by atoms with Gasteiger partial charge in [0.15, 0.2) is 6.10 Å². The third-order valence-electron chi connectivity index (χ3n) is 3.53. The number of benzene rings is 1. The number of carbonyl (C=O) groups is 1. The van der Waals surface area contributed by atoms with Crippen LogP contribution in [0.2, 0.25) is 5.02 Å². The lowest BCUT2D eigenvalue weighted by Crippen LogP contribution is -2.51. The van der Waals surface area contributed by atoms with Crippen LogP contribution < -0.4 is 15.8 Å². The Kier molecular flexibility index (Phi) is 6.30. The van der Waals surface area contributed by atoms with E-state index in [0.717, 1.165) is 12.8 Å². The molecule has 0 aliphatic rings. The zero-order chi connectivity index (χ0) is 15.2. The monoisotopic (exact) mass is 298 g/mol. The highest BCUT2D eigenvalue weighted by molar-refractivity contribution is 6.32. The third-order valence-corrected chi connectivity index (χ3v) is 3.84. The molecule has 112 valence electrons. The van der Waals surface area contributed by atoms with E-state index in [1.807, 2.05) is 26.0 Å². The normalized spacial score (nSPS) is 12.8. The van der Waals surface area contributed by atoms with Crippen molar-refractivity contribution in [1.29, 1.82) is 0 Å². The number of amides is 1. The molecule has 20 heavy (non-hydrogen) atoms. The Morgan fingerprint density at radius 3 is 2.55 bits per heavy atom. The summed E-state index contributed by atoms with van der Waals surface area (Å²) in [4.78, 5) is 12.0. The molecule has 1 rings (SSSR count). The van der Waals surface area contributed by atoms with Gasteiger partial charge in [0.1, 0.15) is 5.75 Å². The number of carbonyl (C=O) groups excluding carboxylic acids is 1. The predicted octanol–water partition coefficient (Wildman–Crippen LogP) is 2.74. The van der Waals surface area contributed by atoms with Gasteiger partial charge in [0, 0.05) is 12.1 Å². The fraction of sp³-hybridized carbons (Fsp3) is 0.533. The summed E-state index contributed by atoms with van der Waals surface area (Å²) in [6, 6.07) is 7.08. The predicted molar refractivity (Wildman–Crippen MR) is 82.1 cm³/mol. The average molecular weight is 299 g/mol. The summed E-state index contributed by atoms with van der Waals surface area (Å²) in [6.45, 7) is 6.16. The van der Waals surface area contributed by atoms with Crippen molar-refractivity contribution < 1.29 is 9.53 Å². The van der Waals surface area contributed by atoms with Gasteiger partial charge in [0.2, 0.25) is 0 Å². The fourth-order valence-corrected chi connectivity index (χ4v) is 1.87. The lowest BCUT2D eigenvalue weighted by molar-refractivity contribution is -0.127. The summed E-state index contributed by atoms with van der Waals surface area (Å²) < 4.78 is 5.55. The van der Waals surface area contributed by atoms with Crippen LogP contribution in [0.5, 0.6) is 5.75 Å². The van der Waals surface area contributed by atoms with Crippen molar-refractivity contribution in [1.82, 2.24) is 5.32 Å². The molecule has 0 spiro atoms. The molecule has 5 heteroatoms. The maximum atomic E-state index is 12.0. The van der Waals surface area contributed by atoms with E-state index in [0.29, 0.717) is 17.3 Å². The number of halogens is 1. The van der Waals surface area contributed by atoms with E-state index in [1.54, 1.807) is 19.1 Å². The Morgan fingerprint density at radius 1 is 1.40 bits per heavy atom. The van der Waals surface area contributed by atoms with Crippen molar-refractivity contribution in [3.8, 4) is 5.75 Å². The largest absolute Gasteiger partial charge is 0.479 e. The molecule has 4 nitrogen and oxygen atoms in total. The third kappa shape index (κ3) is 4.69. The number of hydrogen-bond acceptors (Lipinski definition) is 3. The topological polar surface area (TPSA) is 64.3 Å². The smallest absolute Gasteiger partial charge is 0.260 e. The van der Waals surface area contributed by atoms with Crippen LogP contribution in [0.1, 0.15) is 33.6 Å². The minimum Gasteiger partial charge on any atom is -0.479 e. The van der Waals surface area contributed by atoms with E-state index in [1.165, 1.54) is 0 Å². The first-order valence-corrected chi connectivity index (χ1v) is 7.27. The number of rotatable bonds is 7. The SMILES string of the molecule is CCC(N)(CC)CNC(=O)C(C)Oc1ccccc1Cl. The van der Waals surface area contributed by atoms with Gasteiger partial charge >= 0.3 is 0 Å². The molecule has 1 unspecified atom stereocenters. The minimum atomic E-state index is -0.618. The van der Waals surface area contributed by atoms with E-state index in [2.05, 4.69) is 5.32 Å². The van der Waals surface area contributed by atoms with Gasteiger partial charge in [0.05, 0.1) is 5.02 Å². The number of hydrogen-bond donors (Lipinski definition) is 2. The van der Waals surface area contributed by atoms with Crippen molar-refractivity contribution in [2.75, 3.05) is 6.54 Å². The molecule has 1 amide bonds. The quantitative estimate of drug-likeness (QED) is 0.813. The van der Waals surface area contributed by atoms with Crippen molar-refractivity contribution in [2.45, 2.75) is 45.3 Å². The van der Waals surface area contributed by atoms with Crippen LogP contribution in [0.3, 0.4) is 0 Å². The van der Waals surface area contributed by atoms with Gasteiger partial charge in [-0.3, -0.25) is 4.79 Å². The Bertz CT molecular complexity index is 447. The first kappa shape index (κ1) is 16.8. The van der Waals surface area contributed by atoms with Gasteiger partial charge in [-0.2, -0.15) is 0 Å². The maximum absolute atomic E-state index is 12.0. The molecule has 1 aromatic carbocycles. The Labute approximate surface area is 125 Å². The molecule has 0 heterocycles. The standard InChI is InChI=1S/C15H23ClN2O2/c1-4-15(17,5-2)10-18-14(19)11(3)20-13-9-7-6-8-12(13)16/h6-9,11H,4-5,10,17H2,1-3H3,(H,18,19). The van der Waals surface area contributed by atoms with Crippen LogP contribution >= 0.6 is 11.6 Å². The van der Waals surface area contributed by atoms with E-state index in [-0.39, 0.29) is 11.4 Å². The number of para-hydroxylation sites is 1. The first-order valence-electron chi connectivity index (χ1n) is 6.89.